The van der Waals surface area contributed by atoms with Gasteiger partial charge in [-0.15, -0.1) is 0 Å². The van der Waals surface area contributed by atoms with E-state index in [1.54, 1.807) is 13.0 Å². The molecule has 0 saturated heterocycles. The Balaban J connectivity index is 1.65. The maximum atomic E-state index is 12.7. The highest BCUT2D eigenvalue weighted by Gasteiger charge is 2.20. The number of rotatable bonds is 9. The molecule has 3 aromatic rings. The fourth-order valence-corrected chi connectivity index (χ4v) is 3.48. The highest BCUT2D eigenvalue weighted by molar-refractivity contribution is 6.31. The highest BCUT2D eigenvalue weighted by atomic mass is 35.5. The SMILES string of the molecule is CC(C(=O)Nc1conc1-c1ccc(CCCCC(=O)O)cc1)c1ccccc1Cl. The molecule has 1 atom stereocenters. The van der Waals surface area contributed by atoms with Gasteiger partial charge in [-0.2, -0.15) is 0 Å². The second kappa shape index (κ2) is 10.1. The van der Waals surface area contributed by atoms with Crippen LogP contribution in [0.4, 0.5) is 5.69 Å². The third-order valence-electron chi connectivity index (χ3n) is 4.93. The number of carboxylic acids is 1. The summed E-state index contributed by atoms with van der Waals surface area (Å²) < 4.78 is 5.10. The number of carbonyl (C=O) groups is 2. The highest BCUT2D eigenvalue weighted by Crippen LogP contribution is 2.30. The first kappa shape index (κ1) is 21.6. The van der Waals surface area contributed by atoms with Crippen molar-refractivity contribution in [3.05, 3.63) is 70.9 Å². The summed E-state index contributed by atoms with van der Waals surface area (Å²) in [6.45, 7) is 1.79. The van der Waals surface area contributed by atoms with Crippen molar-refractivity contribution >= 4 is 29.2 Å². The number of anilines is 1. The van der Waals surface area contributed by atoms with Gasteiger partial charge in [0.15, 0.2) is 0 Å². The zero-order valence-corrected chi connectivity index (χ0v) is 17.4. The maximum absolute atomic E-state index is 12.7. The van der Waals surface area contributed by atoms with Crippen LogP contribution in [0.1, 0.15) is 43.2 Å². The van der Waals surface area contributed by atoms with Crippen LogP contribution in [0.25, 0.3) is 11.3 Å². The number of aliphatic carboxylic acids is 1. The van der Waals surface area contributed by atoms with Crippen molar-refractivity contribution in [3.63, 3.8) is 0 Å². The van der Waals surface area contributed by atoms with Gasteiger partial charge in [0.25, 0.3) is 0 Å². The molecule has 0 aliphatic heterocycles. The first-order valence-electron chi connectivity index (χ1n) is 9.76. The predicted octanol–water partition coefficient (Wildman–Crippen LogP) is 5.53. The van der Waals surface area contributed by atoms with Gasteiger partial charge in [0.2, 0.25) is 5.91 Å². The van der Waals surface area contributed by atoms with E-state index in [-0.39, 0.29) is 12.3 Å². The normalized spacial score (nSPS) is 11.8. The number of halogens is 1. The van der Waals surface area contributed by atoms with Gasteiger partial charge in [0, 0.05) is 17.0 Å². The Morgan fingerprint density at radius 3 is 2.57 bits per heavy atom. The molecule has 1 heterocycles. The zero-order valence-electron chi connectivity index (χ0n) is 16.6. The molecule has 3 rings (SSSR count). The number of aromatic nitrogens is 1. The summed E-state index contributed by atoms with van der Waals surface area (Å²) in [5.74, 6) is -1.41. The number of benzene rings is 2. The average molecular weight is 427 g/mol. The van der Waals surface area contributed by atoms with E-state index in [0.717, 1.165) is 29.5 Å². The van der Waals surface area contributed by atoms with Crippen LogP contribution in [-0.2, 0) is 16.0 Å². The molecule has 0 bridgehead atoms. The molecular formula is C23H23ClN2O4. The first-order chi connectivity index (χ1) is 14.5. The van der Waals surface area contributed by atoms with Gasteiger partial charge in [-0.3, -0.25) is 9.59 Å². The molecule has 156 valence electrons. The molecule has 30 heavy (non-hydrogen) atoms. The number of amides is 1. The number of hydrogen-bond acceptors (Lipinski definition) is 4. The zero-order chi connectivity index (χ0) is 21.5. The summed E-state index contributed by atoms with van der Waals surface area (Å²) in [7, 11) is 0. The van der Waals surface area contributed by atoms with Gasteiger partial charge in [0.05, 0.1) is 5.92 Å². The van der Waals surface area contributed by atoms with E-state index in [1.807, 2.05) is 42.5 Å². The van der Waals surface area contributed by atoms with E-state index in [2.05, 4.69) is 10.5 Å². The number of nitrogens with one attached hydrogen (secondary N) is 1. The van der Waals surface area contributed by atoms with Crippen LogP contribution < -0.4 is 5.32 Å². The Bertz CT molecular complexity index is 1010. The maximum Gasteiger partial charge on any atom is 0.303 e. The summed E-state index contributed by atoms with van der Waals surface area (Å²) in [4.78, 5) is 23.3. The summed E-state index contributed by atoms with van der Waals surface area (Å²) >= 11 is 6.21. The summed E-state index contributed by atoms with van der Waals surface area (Å²) in [5.41, 5.74) is 3.73. The van der Waals surface area contributed by atoms with E-state index >= 15 is 0 Å². The third-order valence-corrected chi connectivity index (χ3v) is 5.27. The van der Waals surface area contributed by atoms with Crippen molar-refractivity contribution in [2.75, 3.05) is 5.32 Å². The number of nitrogens with zero attached hydrogens (tertiary/aromatic N) is 1. The number of hydrogen-bond donors (Lipinski definition) is 2. The van der Waals surface area contributed by atoms with Crippen molar-refractivity contribution in [3.8, 4) is 11.3 Å². The van der Waals surface area contributed by atoms with Gasteiger partial charge in [0.1, 0.15) is 17.6 Å². The molecule has 0 aliphatic rings. The third kappa shape index (κ3) is 5.48. The summed E-state index contributed by atoms with van der Waals surface area (Å²) in [6.07, 6.45) is 3.88. The second-order valence-corrected chi connectivity index (χ2v) is 7.51. The van der Waals surface area contributed by atoms with Crippen molar-refractivity contribution in [2.45, 2.75) is 38.5 Å². The molecule has 2 aromatic carbocycles. The topological polar surface area (TPSA) is 92.4 Å². The Morgan fingerprint density at radius 2 is 1.87 bits per heavy atom. The molecule has 7 heteroatoms. The summed E-state index contributed by atoms with van der Waals surface area (Å²) in [5, 5.41) is 16.2. The molecular weight excluding hydrogens is 404 g/mol. The van der Waals surface area contributed by atoms with Crippen molar-refractivity contribution in [2.24, 2.45) is 0 Å². The predicted molar refractivity (Wildman–Crippen MR) is 116 cm³/mol. The van der Waals surface area contributed by atoms with E-state index < -0.39 is 11.9 Å². The minimum Gasteiger partial charge on any atom is -0.481 e. The van der Waals surface area contributed by atoms with Gasteiger partial charge < -0.3 is 14.9 Å². The lowest BCUT2D eigenvalue weighted by Gasteiger charge is -2.13. The van der Waals surface area contributed by atoms with Crippen molar-refractivity contribution in [1.82, 2.24) is 5.16 Å². The van der Waals surface area contributed by atoms with Gasteiger partial charge in [-0.05, 0) is 43.4 Å². The number of carbonyl (C=O) groups excluding carboxylic acids is 1. The van der Waals surface area contributed by atoms with Crippen LogP contribution in [0, 0.1) is 0 Å². The van der Waals surface area contributed by atoms with Crippen LogP contribution in [0.3, 0.4) is 0 Å². The first-order valence-corrected chi connectivity index (χ1v) is 10.1. The largest absolute Gasteiger partial charge is 0.481 e. The monoisotopic (exact) mass is 426 g/mol. The van der Waals surface area contributed by atoms with Gasteiger partial charge >= 0.3 is 5.97 Å². The Morgan fingerprint density at radius 1 is 1.13 bits per heavy atom. The average Bonchev–Trinajstić information content (AvgIpc) is 3.19. The van der Waals surface area contributed by atoms with Crippen LogP contribution in [0.15, 0.2) is 59.3 Å². The lowest BCUT2D eigenvalue weighted by atomic mass is 10.00. The van der Waals surface area contributed by atoms with E-state index in [0.29, 0.717) is 22.8 Å². The molecule has 1 aromatic heterocycles. The summed E-state index contributed by atoms with van der Waals surface area (Å²) in [6, 6.07) is 15.0. The van der Waals surface area contributed by atoms with Gasteiger partial charge in [-0.25, -0.2) is 0 Å². The molecule has 0 spiro atoms. The Hall–Kier alpha value is -3.12. The smallest absolute Gasteiger partial charge is 0.303 e. The van der Waals surface area contributed by atoms with Crippen molar-refractivity contribution in [1.29, 1.82) is 0 Å². The lowest BCUT2D eigenvalue weighted by molar-refractivity contribution is -0.137. The van der Waals surface area contributed by atoms with Crippen LogP contribution in [0.5, 0.6) is 0 Å². The van der Waals surface area contributed by atoms with Gasteiger partial charge in [-0.1, -0.05) is 59.2 Å². The molecule has 1 amide bonds. The van der Waals surface area contributed by atoms with E-state index in [4.69, 9.17) is 21.2 Å². The minimum absolute atomic E-state index is 0.187. The van der Waals surface area contributed by atoms with E-state index in [9.17, 15) is 9.59 Å². The lowest BCUT2D eigenvalue weighted by Crippen LogP contribution is -2.19. The molecule has 0 aliphatic carbocycles. The standard InChI is InChI=1S/C23H23ClN2O4/c1-15(18-7-3-4-8-19(18)24)23(29)25-20-14-30-26-22(20)17-12-10-16(11-13-17)6-2-5-9-21(27)28/h3-4,7-8,10-15H,2,5-6,9H2,1H3,(H,25,29)(H,27,28). The molecule has 2 N–H and O–H groups in total. The Labute approximate surface area is 179 Å². The van der Waals surface area contributed by atoms with Crippen LogP contribution >= 0.6 is 11.6 Å². The fourth-order valence-electron chi connectivity index (χ4n) is 3.18. The van der Waals surface area contributed by atoms with E-state index in [1.165, 1.54) is 6.26 Å². The number of unbranched alkanes of at least 4 members (excludes halogenated alkanes) is 1. The number of aryl methyl sites for hydroxylation is 1. The molecule has 0 radical (unpaired) electrons. The van der Waals surface area contributed by atoms with Crippen LogP contribution in [-0.4, -0.2) is 22.1 Å². The molecule has 0 saturated carbocycles. The fraction of sp³-hybridized carbons (Fsp3) is 0.261. The Kier molecular flexibility index (Phi) is 7.25. The number of carboxylic acid groups (broad SMARTS) is 1. The molecule has 6 nitrogen and oxygen atoms in total. The molecule has 1 unspecified atom stereocenters. The van der Waals surface area contributed by atoms with Crippen molar-refractivity contribution < 1.29 is 19.2 Å². The quantitative estimate of drug-likeness (QED) is 0.438. The molecule has 0 fully saturated rings. The second-order valence-electron chi connectivity index (χ2n) is 7.11. The van der Waals surface area contributed by atoms with Crippen LogP contribution in [0.2, 0.25) is 5.02 Å². The minimum atomic E-state index is -0.769.